The van der Waals surface area contributed by atoms with Crippen molar-refractivity contribution >= 4 is 11.6 Å². The molecule has 0 radical (unpaired) electrons. The fraction of sp³-hybridized carbons (Fsp3) is 0.550. The Hall–Kier alpha value is -4.70. The molecule has 0 amide bonds. The number of aryl methyl sites for hydroxylation is 10. The van der Waals surface area contributed by atoms with Gasteiger partial charge in [0.1, 0.15) is 5.82 Å². The maximum Gasteiger partial charge on any atom is 0.127 e. The van der Waals surface area contributed by atoms with Crippen molar-refractivity contribution < 1.29 is 4.39 Å². The molecule has 0 saturated carbocycles. The van der Waals surface area contributed by atoms with Gasteiger partial charge in [-0.25, -0.2) is 4.39 Å². The van der Waals surface area contributed by atoms with Crippen LogP contribution in [-0.4, -0.2) is 131 Å². The molecule has 0 atom stereocenters. The van der Waals surface area contributed by atoms with Gasteiger partial charge in [0, 0.05) is 55.1 Å². The lowest BCUT2D eigenvalue weighted by Gasteiger charge is -2.39. The quantitative estimate of drug-likeness (QED) is 0.175. The maximum atomic E-state index is 14.0. The summed E-state index contributed by atoms with van der Waals surface area (Å²) in [6.45, 7) is 44.8. The third-order valence-corrected chi connectivity index (χ3v) is 20.2. The Balaban J connectivity index is 0.000000151. The number of fused-ring (bicyclic) bond motifs is 3. The largest absolute Gasteiger partial charge is 0.306 e. The predicted octanol–water partition coefficient (Wildman–Crippen LogP) is 17.9. The molecule has 0 spiro atoms. The molecule has 12 rings (SSSR count). The summed E-state index contributed by atoms with van der Waals surface area (Å²) in [4.78, 5) is 14.3. The topological polar surface area (TPSA) is 19.4 Å². The fourth-order valence-electron chi connectivity index (χ4n) is 15.8. The molecule has 6 aliphatic rings. The van der Waals surface area contributed by atoms with Gasteiger partial charge in [0.25, 0.3) is 0 Å². The Bertz CT molecular complexity index is 3150. The Morgan fingerprint density at radius 2 is 0.807 bits per heavy atom. The molecule has 480 valence electrons. The SMILES string of the molecule is Cc1cc(C)c(C2CCN(C)CC2)c(F)c1.Cc1cc(C)c2c(c1)CN(C)CC2.Cc1cc(C)c2c(c1)CN(C)CC2(C)C.Cc1ccc(C2CCN(C)CC2)c(C)c1.Cc1ccc(C2CCN(C)CC2)c(Cl)c1.Cc1ccc2c(c1)CN(C)CC2(C)C. The zero-order valence-electron chi connectivity index (χ0n) is 58.8. The first kappa shape index (κ1) is 70.8. The Morgan fingerprint density at radius 1 is 0.386 bits per heavy atom. The molecular formula is C80H116ClFN6. The summed E-state index contributed by atoms with van der Waals surface area (Å²) in [7, 11) is 13.1. The summed E-state index contributed by atoms with van der Waals surface area (Å²) in [6.07, 6.45) is 8.49. The number of benzene rings is 6. The summed E-state index contributed by atoms with van der Waals surface area (Å²) >= 11 is 6.29. The van der Waals surface area contributed by atoms with E-state index < -0.39 is 0 Å². The number of halogens is 2. The number of nitrogens with zero attached hydrogens (tertiary/aromatic N) is 6. The van der Waals surface area contributed by atoms with Crippen LogP contribution in [0.2, 0.25) is 5.02 Å². The number of likely N-dealkylation sites (N-methyl/N-ethyl adjacent to an activating group) is 3. The molecule has 0 N–H and O–H groups in total. The summed E-state index contributed by atoms with van der Waals surface area (Å²) in [6, 6.07) is 33.2. The third kappa shape index (κ3) is 19.7. The fourth-order valence-corrected chi connectivity index (χ4v) is 16.1. The predicted molar refractivity (Wildman–Crippen MR) is 378 cm³/mol. The van der Waals surface area contributed by atoms with Crippen molar-refractivity contribution in [2.45, 2.75) is 190 Å². The van der Waals surface area contributed by atoms with E-state index in [0.717, 1.165) is 86.3 Å². The molecule has 0 unspecified atom stereocenters. The standard InChI is InChI=1S/C14H20FN.2C14H21N.C13H18ClN.C13H19N.C12H17N/c1-10-8-11(2)14(13(15)9-10)12-4-6-16(3)7-5-12;1-10-6-11(2)13-12(7-10)8-15(5)9-14(13,3)4;1-11-4-5-14(12(2)10-11)13-6-8-15(3)9-7-13;1-10-3-4-12(13(14)9-10)11-5-7-15(2)8-6-11;1-10-5-6-12-11(7-10)8-14(4)9-13(12,2)3;1-9-6-10(2)12-4-5-13(3)8-11(12)7-9/h8-9,12H,4-7H2,1-3H3;6-7H,8-9H2,1-5H3;4-5,10,13H,6-9H2,1-3H3;3-4,9,11H,5-8H2,1-2H3;5-7H,8-9H2,1-4H3;6-7H,4-5,8H2,1-3H3. The van der Waals surface area contributed by atoms with Crippen molar-refractivity contribution in [3.63, 3.8) is 0 Å². The summed E-state index contributed by atoms with van der Waals surface area (Å²) in [5.41, 5.74) is 27.0. The van der Waals surface area contributed by atoms with Crippen molar-refractivity contribution in [1.29, 1.82) is 0 Å². The van der Waals surface area contributed by atoms with E-state index in [1.54, 1.807) is 22.8 Å². The van der Waals surface area contributed by atoms with Crippen molar-refractivity contribution in [3.8, 4) is 0 Å². The van der Waals surface area contributed by atoms with Gasteiger partial charge < -0.3 is 29.4 Å². The van der Waals surface area contributed by atoms with Crippen LogP contribution in [0.4, 0.5) is 4.39 Å². The van der Waals surface area contributed by atoms with Gasteiger partial charge in [0.05, 0.1) is 0 Å². The molecule has 8 heteroatoms. The molecule has 0 aliphatic carbocycles. The summed E-state index contributed by atoms with van der Waals surface area (Å²) in [5.74, 6) is 1.86. The van der Waals surface area contributed by atoms with Crippen molar-refractivity contribution in [1.82, 2.24) is 29.4 Å². The minimum atomic E-state index is -0.00736. The highest BCUT2D eigenvalue weighted by molar-refractivity contribution is 6.31. The van der Waals surface area contributed by atoms with Crippen LogP contribution in [0.1, 0.15) is 190 Å². The lowest BCUT2D eigenvalue weighted by molar-refractivity contribution is 0.235. The van der Waals surface area contributed by atoms with Gasteiger partial charge in [0.15, 0.2) is 0 Å². The van der Waals surface area contributed by atoms with Crippen LogP contribution in [0.25, 0.3) is 0 Å². The second-order valence-electron chi connectivity index (χ2n) is 29.7. The Labute approximate surface area is 541 Å². The summed E-state index contributed by atoms with van der Waals surface area (Å²) in [5, 5.41) is 0.949. The zero-order chi connectivity index (χ0) is 64.4. The molecule has 6 nitrogen and oxygen atoms in total. The van der Waals surface area contributed by atoms with E-state index in [4.69, 9.17) is 11.6 Å². The second-order valence-corrected chi connectivity index (χ2v) is 30.1. The molecule has 3 fully saturated rings. The third-order valence-electron chi connectivity index (χ3n) is 19.8. The van der Waals surface area contributed by atoms with Gasteiger partial charge in [-0.3, -0.25) is 0 Å². The van der Waals surface area contributed by atoms with Crippen LogP contribution in [0.15, 0.2) is 91.0 Å². The normalized spacial score (nSPS) is 19.3. The monoisotopic (exact) mass is 1210 g/mol. The number of likely N-dealkylation sites (tertiary alicyclic amines) is 3. The lowest BCUT2D eigenvalue weighted by Crippen LogP contribution is -2.40. The first-order valence-electron chi connectivity index (χ1n) is 33.5. The van der Waals surface area contributed by atoms with Gasteiger partial charge in [-0.05, 0) is 309 Å². The van der Waals surface area contributed by atoms with Crippen LogP contribution in [-0.2, 0) is 36.9 Å². The van der Waals surface area contributed by atoms with Gasteiger partial charge in [-0.15, -0.1) is 0 Å². The van der Waals surface area contributed by atoms with E-state index in [-0.39, 0.29) is 5.82 Å². The van der Waals surface area contributed by atoms with Crippen molar-refractivity contribution in [2.75, 3.05) is 101 Å². The lowest BCUT2D eigenvalue weighted by atomic mass is 9.76. The highest BCUT2D eigenvalue weighted by atomic mass is 35.5. The van der Waals surface area contributed by atoms with E-state index in [9.17, 15) is 4.39 Å². The van der Waals surface area contributed by atoms with Crippen LogP contribution < -0.4 is 0 Å². The van der Waals surface area contributed by atoms with Crippen LogP contribution in [0.3, 0.4) is 0 Å². The van der Waals surface area contributed by atoms with Crippen molar-refractivity contribution in [3.05, 3.63) is 208 Å². The van der Waals surface area contributed by atoms with Crippen LogP contribution in [0.5, 0.6) is 0 Å². The van der Waals surface area contributed by atoms with Gasteiger partial charge in [-0.2, -0.15) is 0 Å². The minimum absolute atomic E-state index is 0.00736. The van der Waals surface area contributed by atoms with Crippen LogP contribution >= 0.6 is 11.6 Å². The number of rotatable bonds is 3. The maximum absolute atomic E-state index is 14.0. The van der Waals surface area contributed by atoms with Crippen molar-refractivity contribution in [2.24, 2.45) is 0 Å². The van der Waals surface area contributed by atoms with Crippen LogP contribution in [0, 0.1) is 75.1 Å². The smallest absolute Gasteiger partial charge is 0.127 e. The van der Waals surface area contributed by atoms with E-state index in [1.165, 1.54) is 137 Å². The molecule has 6 aromatic carbocycles. The Kier molecular flexibility index (Phi) is 25.4. The summed E-state index contributed by atoms with van der Waals surface area (Å²) < 4.78 is 14.0. The second kappa shape index (κ2) is 31.6. The average molecular weight is 1220 g/mol. The van der Waals surface area contributed by atoms with E-state index in [1.807, 2.05) is 13.8 Å². The molecular weight excluding hydrogens is 1100 g/mol. The first-order valence-corrected chi connectivity index (χ1v) is 33.8. The van der Waals surface area contributed by atoms with Gasteiger partial charge in [0.2, 0.25) is 0 Å². The minimum Gasteiger partial charge on any atom is -0.306 e. The zero-order valence-corrected chi connectivity index (χ0v) is 59.5. The van der Waals surface area contributed by atoms with E-state index in [2.05, 4.69) is 240 Å². The molecule has 6 aromatic rings. The number of hydrogen-bond donors (Lipinski definition) is 0. The van der Waals surface area contributed by atoms with Gasteiger partial charge in [-0.1, -0.05) is 140 Å². The average Bonchev–Trinajstić information content (AvgIpc) is 2.33. The molecule has 3 saturated heterocycles. The molecule has 0 bridgehead atoms. The molecule has 88 heavy (non-hydrogen) atoms. The Morgan fingerprint density at radius 3 is 1.36 bits per heavy atom. The molecule has 6 heterocycles. The molecule has 6 aliphatic heterocycles. The first-order chi connectivity index (χ1) is 41.5. The van der Waals surface area contributed by atoms with Gasteiger partial charge >= 0.3 is 0 Å². The highest BCUT2D eigenvalue weighted by Gasteiger charge is 2.32. The molecule has 0 aromatic heterocycles. The highest BCUT2D eigenvalue weighted by Crippen LogP contribution is 2.38. The van der Waals surface area contributed by atoms with E-state index in [0.29, 0.717) is 22.7 Å². The number of piperidine rings is 3. The van der Waals surface area contributed by atoms with E-state index >= 15 is 0 Å². The number of hydrogen-bond acceptors (Lipinski definition) is 6.